The van der Waals surface area contributed by atoms with Crippen molar-refractivity contribution in [2.75, 3.05) is 40.5 Å². The van der Waals surface area contributed by atoms with E-state index in [1.165, 1.54) is 19.8 Å². The molecule has 2 aromatic carbocycles. The number of ether oxygens (including phenoxy) is 3. The lowest BCUT2D eigenvalue weighted by atomic mass is 9.90. The standard InChI is InChI=1S/C45H54N8O7/c1-26(2)37(50-44(56)58-3)42(54)52-20-7-11-36(52)41-47-33-9-5-8-30-24-27(14-16-31(30)39(33)49-41)12-13-28-15-17-32-34(25-28)48-40(46-32)35-10-6-21-53(35)43(55)38(51-45(57)59-4)29-18-22-60-23-19-29/h14-17,24-26,29,35-38H,5-11,18-23H2,1-4H3,(H,46,48)(H,47,49)(H,50,56)(H,51,57)/t35-,36-,37-,38-/m0/s1. The summed E-state index contributed by atoms with van der Waals surface area (Å²) in [6.45, 7) is 6.12. The van der Waals surface area contributed by atoms with Crippen molar-refractivity contribution in [1.29, 1.82) is 0 Å². The number of methoxy groups -OCH3 is 2. The number of nitrogens with one attached hydrogen (secondary N) is 4. The number of fused-ring (bicyclic) bond motifs is 4. The van der Waals surface area contributed by atoms with Gasteiger partial charge >= 0.3 is 12.2 Å². The van der Waals surface area contributed by atoms with Crippen LogP contribution < -0.4 is 10.6 Å². The largest absolute Gasteiger partial charge is 0.453 e. The van der Waals surface area contributed by atoms with Gasteiger partial charge in [0.15, 0.2) is 0 Å². The van der Waals surface area contributed by atoms with Gasteiger partial charge in [-0.05, 0) is 106 Å². The van der Waals surface area contributed by atoms with Crippen LogP contribution in [0.15, 0.2) is 36.4 Å². The summed E-state index contributed by atoms with van der Waals surface area (Å²) >= 11 is 0. The highest BCUT2D eigenvalue weighted by Gasteiger charge is 2.41. The Balaban J connectivity index is 0.981. The summed E-state index contributed by atoms with van der Waals surface area (Å²) in [5.41, 5.74) is 7.68. The van der Waals surface area contributed by atoms with E-state index in [9.17, 15) is 19.2 Å². The summed E-state index contributed by atoms with van der Waals surface area (Å²) in [5.74, 6) is 7.84. The number of rotatable bonds is 8. The minimum Gasteiger partial charge on any atom is -0.453 e. The third kappa shape index (κ3) is 8.43. The number of carbonyl (C=O) groups excluding carboxylic acids is 4. The molecule has 8 rings (SSSR count). The summed E-state index contributed by atoms with van der Waals surface area (Å²) in [6, 6.07) is 10.4. The first-order chi connectivity index (χ1) is 29.1. The zero-order valence-electron chi connectivity index (χ0n) is 34.8. The minimum atomic E-state index is -0.692. The van der Waals surface area contributed by atoms with Crippen LogP contribution in [0.4, 0.5) is 9.59 Å². The van der Waals surface area contributed by atoms with Gasteiger partial charge in [-0.3, -0.25) is 9.59 Å². The van der Waals surface area contributed by atoms with E-state index in [0.717, 1.165) is 95.7 Å². The molecule has 15 nitrogen and oxygen atoms in total. The van der Waals surface area contributed by atoms with Crippen molar-refractivity contribution in [2.45, 2.75) is 95.8 Å². The number of alkyl carbamates (subject to hydrolysis) is 2. The molecule has 2 aromatic heterocycles. The van der Waals surface area contributed by atoms with Gasteiger partial charge in [-0.2, -0.15) is 0 Å². The molecule has 15 heteroatoms. The van der Waals surface area contributed by atoms with Crippen molar-refractivity contribution >= 4 is 35.0 Å². The predicted octanol–water partition coefficient (Wildman–Crippen LogP) is 5.70. The van der Waals surface area contributed by atoms with E-state index in [0.29, 0.717) is 39.1 Å². The van der Waals surface area contributed by atoms with Gasteiger partial charge in [-0.15, -0.1) is 0 Å². The highest BCUT2D eigenvalue weighted by molar-refractivity contribution is 5.87. The summed E-state index contributed by atoms with van der Waals surface area (Å²) in [5, 5.41) is 5.54. The lowest BCUT2D eigenvalue weighted by Gasteiger charge is -2.34. The number of imidazole rings is 2. The van der Waals surface area contributed by atoms with Crippen LogP contribution in [-0.2, 0) is 36.6 Å². The van der Waals surface area contributed by atoms with E-state index < -0.39 is 24.3 Å². The summed E-state index contributed by atoms with van der Waals surface area (Å²) < 4.78 is 15.2. The molecule has 3 saturated heterocycles. The zero-order chi connectivity index (χ0) is 41.9. The van der Waals surface area contributed by atoms with Gasteiger partial charge in [0.2, 0.25) is 11.8 Å². The Bertz CT molecular complexity index is 2320. The minimum absolute atomic E-state index is 0.0340. The third-order valence-electron chi connectivity index (χ3n) is 12.4. The molecule has 0 unspecified atom stereocenters. The number of hydrogen-bond acceptors (Lipinski definition) is 9. The number of H-pyrrole nitrogens is 2. The molecule has 4 aliphatic rings. The van der Waals surface area contributed by atoms with Crippen molar-refractivity contribution < 1.29 is 33.4 Å². The average molecular weight is 819 g/mol. The van der Waals surface area contributed by atoms with E-state index in [1.807, 2.05) is 47.9 Å². The maximum Gasteiger partial charge on any atom is 0.407 e. The first-order valence-electron chi connectivity index (χ1n) is 21.2. The number of amides is 4. The summed E-state index contributed by atoms with van der Waals surface area (Å²) in [4.78, 5) is 72.9. The molecule has 0 saturated carbocycles. The van der Waals surface area contributed by atoms with Crippen LogP contribution >= 0.6 is 0 Å². The molecule has 4 amide bonds. The SMILES string of the molecule is COC(=O)N[C@H](C(=O)N1CCC[C@H]1c1nc2c([nH]1)-c1ccc(C#Cc3ccc4nc([C@@H]5CCCN5C(=O)[C@@H](NC(=O)OC)C5CCOCC5)[nH]c4c3)cc1CCC2)C(C)C. The highest BCUT2D eigenvalue weighted by Crippen LogP contribution is 2.38. The molecule has 4 aromatic rings. The fourth-order valence-electron chi connectivity index (χ4n) is 9.27. The molecule has 4 atom stereocenters. The van der Waals surface area contributed by atoms with Crippen LogP contribution in [0.1, 0.15) is 105 Å². The first kappa shape index (κ1) is 40.9. The number of hydrogen-bond donors (Lipinski definition) is 4. The molecule has 1 aliphatic carbocycles. The smallest absolute Gasteiger partial charge is 0.407 e. The Hall–Kier alpha value is -5.88. The summed E-state index contributed by atoms with van der Waals surface area (Å²) in [6.07, 6.45) is 6.05. The van der Waals surface area contributed by atoms with Gasteiger partial charge < -0.3 is 44.6 Å². The molecule has 0 bridgehead atoms. The molecule has 4 N–H and O–H groups in total. The molecule has 3 aliphatic heterocycles. The number of aryl methyl sites for hydroxylation is 2. The Morgan fingerprint density at radius 2 is 1.43 bits per heavy atom. The Labute approximate surface area is 349 Å². The monoisotopic (exact) mass is 818 g/mol. The van der Waals surface area contributed by atoms with Crippen LogP contribution in [0, 0.1) is 23.7 Å². The maximum atomic E-state index is 14.0. The van der Waals surface area contributed by atoms with Crippen LogP contribution in [0.3, 0.4) is 0 Å². The molecule has 60 heavy (non-hydrogen) atoms. The van der Waals surface area contributed by atoms with Gasteiger partial charge in [0, 0.05) is 43.0 Å². The molecule has 5 heterocycles. The number of aromatic amines is 2. The van der Waals surface area contributed by atoms with E-state index >= 15 is 0 Å². The second-order valence-corrected chi connectivity index (χ2v) is 16.6. The molecular weight excluding hydrogens is 765 g/mol. The van der Waals surface area contributed by atoms with Gasteiger partial charge in [-0.1, -0.05) is 31.8 Å². The summed E-state index contributed by atoms with van der Waals surface area (Å²) in [7, 11) is 2.61. The van der Waals surface area contributed by atoms with E-state index in [2.05, 4.69) is 44.6 Å². The normalized spacial score (nSPS) is 20.1. The average Bonchev–Trinajstić information content (AvgIpc) is 4.09. The maximum absolute atomic E-state index is 14.0. The Morgan fingerprint density at radius 3 is 2.13 bits per heavy atom. The number of aromatic nitrogens is 4. The Kier molecular flexibility index (Phi) is 12.1. The van der Waals surface area contributed by atoms with Crippen LogP contribution in [-0.4, -0.2) is 106 Å². The molecule has 0 radical (unpaired) electrons. The number of likely N-dealkylation sites (tertiary alicyclic amines) is 2. The second-order valence-electron chi connectivity index (χ2n) is 16.6. The fraction of sp³-hybridized carbons (Fsp3) is 0.511. The zero-order valence-corrected chi connectivity index (χ0v) is 34.8. The van der Waals surface area contributed by atoms with Crippen LogP contribution in [0.2, 0.25) is 0 Å². The lowest BCUT2D eigenvalue weighted by molar-refractivity contribution is -0.137. The highest BCUT2D eigenvalue weighted by atomic mass is 16.5. The lowest BCUT2D eigenvalue weighted by Crippen LogP contribution is -2.53. The van der Waals surface area contributed by atoms with E-state index in [-0.39, 0.29) is 35.7 Å². The predicted molar refractivity (Wildman–Crippen MR) is 223 cm³/mol. The second kappa shape index (κ2) is 17.8. The Morgan fingerprint density at radius 1 is 0.783 bits per heavy atom. The molecule has 3 fully saturated rings. The van der Waals surface area contributed by atoms with Gasteiger partial charge in [-0.25, -0.2) is 19.6 Å². The van der Waals surface area contributed by atoms with Gasteiger partial charge in [0.05, 0.1) is 48.7 Å². The molecular formula is C45H54N8O7. The van der Waals surface area contributed by atoms with Crippen molar-refractivity contribution in [3.63, 3.8) is 0 Å². The molecule has 316 valence electrons. The van der Waals surface area contributed by atoms with E-state index in [4.69, 9.17) is 24.2 Å². The van der Waals surface area contributed by atoms with Crippen LogP contribution in [0.25, 0.3) is 22.3 Å². The van der Waals surface area contributed by atoms with E-state index in [1.54, 1.807) is 0 Å². The van der Waals surface area contributed by atoms with Crippen LogP contribution in [0.5, 0.6) is 0 Å². The van der Waals surface area contributed by atoms with Crippen molar-refractivity contribution in [2.24, 2.45) is 11.8 Å². The quantitative estimate of drug-likeness (QED) is 0.162. The number of nitrogens with zero attached hydrogens (tertiary/aromatic N) is 4. The number of carbonyl (C=O) groups is 4. The van der Waals surface area contributed by atoms with Crippen molar-refractivity contribution in [3.05, 3.63) is 70.4 Å². The van der Waals surface area contributed by atoms with Crippen molar-refractivity contribution in [1.82, 2.24) is 40.4 Å². The molecule has 0 spiro atoms. The topological polar surface area (TPSA) is 184 Å². The van der Waals surface area contributed by atoms with Gasteiger partial charge in [0.25, 0.3) is 0 Å². The third-order valence-corrected chi connectivity index (χ3v) is 12.4. The fourth-order valence-corrected chi connectivity index (χ4v) is 9.27. The first-order valence-corrected chi connectivity index (χ1v) is 21.2. The van der Waals surface area contributed by atoms with Gasteiger partial charge in [0.1, 0.15) is 23.7 Å². The van der Waals surface area contributed by atoms with Crippen molar-refractivity contribution in [3.8, 4) is 23.1 Å². The number of benzene rings is 2.